The number of nitrogens with zero attached hydrogens (tertiary/aromatic N) is 1. The van der Waals surface area contributed by atoms with Crippen LogP contribution in [0.5, 0.6) is 5.75 Å². The maximum atomic E-state index is 12.9. The highest BCUT2D eigenvalue weighted by atomic mass is 35.5. The van der Waals surface area contributed by atoms with Crippen molar-refractivity contribution in [2.75, 3.05) is 13.2 Å². The molecule has 0 aliphatic rings. The van der Waals surface area contributed by atoms with E-state index in [1.165, 1.54) is 4.90 Å². The highest BCUT2D eigenvalue weighted by Crippen LogP contribution is 2.27. The number of ether oxygens (including phenoxy) is 1. The molecular formula is C22H26Cl2N2O3. The minimum atomic E-state index is -0.647. The van der Waals surface area contributed by atoms with Crippen molar-refractivity contribution in [3.05, 3.63) is 64.1 Å². The fourth-order valence-corrected chi connectivity index (χ4v) is 3.09. The topological polar surface area (TPSA) is 58.6 Å². The molecule has 2 aromatic carbocycles. The van der Waals surface area contributed by atoms with Gasteiger partial charge in [-0.05, 0) is 36.6 Å². The van der Waals surface area contributed by atoms with Gasteiger partial charge in [0.05, 0.1) is 5.02 Å². The summed E-state index contributed by atoms with van der Waals surface area (Å²) in [5, 5.41) is 3.69. The summed E-state index contributed by atoms with van der Waals surface area (Å²) in [6, 6.07) is 13.7. The zero-order valence-corrected chi connectivity index (χ0v) is 18.3. The van der Waals surface area contributed by atoms with Crippen molar-refractivity contribution in [1.29, 1.82) is 0 Å². The summed E-state index contributed by atoms with van der Waals surface area (Å²) < 4.78 is 5.59. The Morgan fingerprint density at radius 1 is 1.07 bits per heavy atom. The van der Waals surface area contributed by atoms with E-state index in [-0.39, 0.29) is 18.4 Å². The van der Waals surface area contributed by atoms with E-state index in [2.05, 4.69) is 5.32 Å². The van der Waals surface area contributed by atoms with Gasteiger partial charge in [0, 0.05) is 18.1 Å². The normalized spacial score (nSPS) is 11.8. The summed E-state index contributed by atoms with van der Waals surface area (Å²) in [6.45, 7) is 6.35. The molecule has 0 aliphatic carbocycles. The molecule has 0 saturated heterocycles. The Morgan fingerprint density at radius 2 is 1.76 bits per heavy atom. The second-order valence-corrected chi connectivity index (χ2v) is 8.03. The molecule has 0 spiro atoms. The lowest BCUT2D eigenvalue weighted by Gasteiger charge is -2.29. The van der Waals surface area contributed by atoms with Gasteiger partial charge in [0.2, 0.25) is 5.91 Å². The van der Waals surface area contributed by atoms with E-state index in [0.717, 1.165) is 5.56 Å². The van der Waals surface area contributed by atoms with Crippen molar-refractivity contribution in [3.8, 4) is 5.75 Å². The van der Waals surface area contributed by atoms with Gasteiger partial charge in [0.1, 0.15) is 11.8 Å². The van der Waals surface area contributed by atoms with Crippen LogP contribution in [0.4, 0.5) is 0 Å². The second kappa shape index (κ2) is 11.1. The number of halogens is 2. The average Bonchev–Trinajstić information content (AvgIpc) is 2.69. The zero-order valence-electron chi connectivity index (χ0n) is 16.8. The quantitative estimate of drug-likeness (QED) is 0.626. The number of nitrogens with one attached hydrogen (secondary N) is 1. The third kappa shape index (κ3) is 7.26. The molecule has 0 unspecified atom stereocenters. The first-order valence-electron chi connectivity index (χ1n) is 9.47. The Kier molecular flexibility index (Phi) is 8.80. The number of hydrogen-bond acceptors (Lipinski definition) is 3. The number of amides is 2. The Bertz CT molecular complexity index is 828. The van der Waals surface area contributed by atoms with Gasteiger partial charge in [0.25, 0.3) is 5.91 Å². The van der Waals surface area contributed by atoms with Gasteiger partial charge in [-0.15, -0.1) is 0 Å². The predicted octanol–water partition coefficient (Wildman–Crippen LogP) is 4.56. The fraction of sp³-hybridized carbons (Fsp3) is 0.364. The SMILES string of the molecule is CC(C)CNC(=O)[C@H](C)N(Cc1ccccc1)C(=O)COc1ccc(Cl)cc1Cl. The summed E-state index contributed by atoms with van der Waals surface area (Å²) in [6.07, 6.45) is 0. The molecule has 2 rings (SSSR count). The first-order chi connectivity index (χ1) is 13.8. The van der Waals surface area contributed by atoms with E-state index in [9.17, 15) is 9.59 Å². The molecule has 0 bridgehead atoms. The van der Waals surface area contributed by atoms with Crippen LogP contribution in [-0.4, -0.2) is 35.9 Å². The van der Waals surface area contributed by atoms with Crippen molar-refractivity contribution in [3.63, 3.8) is 0 Å². The van der Waals surface area contributed by atoms with Crippen molar-refractivity contribution in [2.45, 2.75) is 33.4 Å². The molecule has 156 valence electrons. The van der Waals surface area contributed by atoms with Gasteiger partial charge in [-0.25, -0.2) is 0 Å². The molecular weight excluding hydrogens is 411 g/mol. The van der Waals surface area contributed by atoms with Crippen molar-refractivity contribution >= 4 is 35.0 Å². The molecule has 7 heteroatoms. The van der Waals surface area contributed by atoms with Gasteiger partial charge in [-0.2, -0.15) is 0 Å². The van der Waals surface area contributed by atoms with Crippen LogP contribution >= 0.6 is 23.2 Å². The maximum Gasteiger partial charge on any atom is 0.261 e. The highest BCUT2D eigenvalue weighted by molar-refractivity contribution is 6.35. The molecule has 0 aliphatic heterocycles. The number of hydrogen-bond donors (Lipinski definition) is 1. The minimum Gasteiger partial charge on any atom is -0.482 e. The first kappa shape index (κ1) is 23.0. The summed E-state index contributed by atoms with van der Waals surface area (Å²) in [5.74, 6) is 0.167. The number of rotatable bonds is 9. The van der Waals surface area contributed by atoms with Crippen molar-refractivity contribution in [2.24, 2.45) is 5.92 Å². The molecule has 2 aromatic rings. The Morgan fingerprint density at radius 3 is 2.38 bits per heavy atom. The van der Waals surface area contributed by atoms with Crippen LogP contribution < -0.4 is 10.1 Å². The lowest BCUT2D eigenvalue weighted by molar-refractivity contribution is -0.142. The van der Waals surface area contributed by atoms with E-state index in [4.69, 9.17) is 27.9 Å². The minimum absolute atomic E-state index is 0.201. The van der Waals surface area contributed by atoms with Crippen LogP contribution in [0, 0.1) is 5.92 Å². The van der Waals surface area contributed by atoms with E-state index in [0.29, 0.717) is 34.8 Å². The third-order valence-corrected chi connectivity index (χ3v) is 4.82. The molecule has 0 radical (unpaired) electrons. The van der Waals surface area contributed by atoms with Crippen LogP contribution in [0.15, 0.2) is 48.5 Å². The molecule has 0 aromatic heterocycles. The van der Waals surface area contributed by atoms with Crippen LogP contribution in [-0.2, 0) is 16.1 Å². The second-order valence-electron chi connectivity index (χ2n) is 7.19. The molecule has 1 N–H and O–H groups in total. The van der Waals surface area contributed by atoms with Crippen LogP contribution in [0.2, 0.25) is 10.0 Å². The van der Waals surface area contributed by atoms with E-state index in [1.54, 1.807) is 25.1 Å². The van der Waals surface area contributed by atoms with E-state index >= 15 is 0 Å². The average molecular weight is 437 g/mol. The molecule has 0 saturated carbocycles. The maximum absolute atomic E-state index is 12.9. The smallest absolute Gasteiger partial charge is 0.261 e. The van der Waals surface area contributed by atoms with Gasteiger partial charge in [-0.1, -0.05) is 67.4 Å². The van der Waals surface area contributed by atoms with Gasteiger partial charge in [0.15, 0.2) is 6.61 Å². The summed E-state index contributed by atoms with van der Waals surface area (Å²) >= 11 is 12.0. The standard InChI is InChI=1S/C22H26Cl2N2O3/c1-15(2)12-25-22(28)16(3)26(13-17-7-5-4-6-8-17)21(27)14-29-20-10-9-18(23)11-19(20)24/h4-11,15-16H,12-14H2,1-3H3,(H,25,28)/t16-/m0/s1. The van der Waals surface area contributed by atoms with Crippen molar-refractivity contribution in [1.82, 2.24) is 10.2 Å². The Labute approximate surface area is 181 Å². The number of benzene rings is 2. The molecule has 2 amide bonds. The fourth-order valence-electron chi connectivity index (χ4n) is 2.63. The summed E-state index contributed by atoms with van der Waals surface area (Å²) in [5.41, 5.74) is 0.925. The zero-order chi connectivity index (χ0) is 21.4. The van der Waals surface area contributed by atoms with Crippen LogP contribution in [0.1, 0.15) is 26.3 Å². The van der Waals surface area contributed by atoms with Crippen molar-refractivity contribution < 1.29 is 14.3 Å². The molecule has 5 nitrogen and oxygen atoms in total. The van der Waals surface area contributed by atoms with Crippen LogP contribution in [0.25, 0.3) is 0 Å². The van der Waals surface area contributed by atoms with Gasteiger partial charge < -0.3 is 15.0 Å². The summed E-state index contributed by atoms with van der Waals surface area (Å²) in [4.78, 5) is 27.0. The lowest BCUT2D eigenvalue weighted by atomic mass is 10.1. The molecule has 1 atom stereocenters. The Balaban J connectivity index is 2.12. The van der Waals surface area contributed by atoms with Gasteiger partial charge in [-0.3, -0.25) is 9.59 Å². The predicted molar refractivity (Wildman–Crippen MR) is 116 cm³/mol. The lowest BCUT2D eigenvalue weighted by Crippen LogP contribution is -2.49. The van der Waals surface area contributed by atoms with E-state index in [1.807, 2.05) is 44.2 Å². The van der Waals surface area contributed by atoms with Crippen LogP contribution in [0.3, 0.4) is 0 Å². The first-order valence-corrected chi connectivity index (χ1v) is 10.2. The Hall–Kier alpha value is -2.24. The number of carbonyl (C=O) groups excluding carboxylic acids is 2. The largest absolute Gasteiger partial charge is 0.482 e. The monoisotopic (exact) mass is 436 g/mol. The highest BCUT2D eigenvalue weighted by Gasteiger charge is 2.26. The molecule has 29 heavy (non-hydrogen) atoms. The third-order valence-electron chi connectivity index (χ3n) is 4.29. The molecule has 0 fully saturated rings. The number of carbonyl (C=O) groups is 2. The molecule has 0 heterocycles. The van der Waals surface area contributed by atoms with Gasteiger partial charge >= 0.3 is 0 Å². The van der Waals surface area contributed by atoms with E-state index < -0.39 is 6.04 Å². The summed E-state index contributed by atoms with van der Waals surface area (Å²) in [7, 11) is 0.